The van der Waals surface area contributed by atoms with E-state index in [1.807, 2.05) is 27.7 Å². The number of hydrogen-bond acceptors (Lipinski definition) is 9. The van der Waals surface area contributed by atoms with Crippen LogP contribution in [0, 0.1) is 52.3 Å². The van der Waals surface area contributed by atoms with Crippen molar-refractivity contribution in [3.63, 3.8) is 0 Å². The molecule has 284 valence electrons. The number of alkyl carbamates (subject to hydrolysis) is 1. The Hall–Kier alpha value is -1.46. The Morgan fingerprint density at radius 2 is 1.47 bits per heavy atom. The van der Waals surface area contributed by atoms with Gasteiger partial charge in [0, 0.05) is 24.2 Å². The summed E-state index contributed by atoms with van der Waals surface area (Å²) in [6.07, 6.45) is -1.92. The highest BCUT2D eigenvalue weighted by Crippen LogP contribution is 2.46. The fourth-order valence-electron chi connectivity index (χ4n) is 9.28. The molecule has 0 aromatic heterocycles. The quantitative estimate of drug-likeness (QED) is 0.290. The molecule has 4 aliphatic rings. The molecule has 4 saturated heterocycles. The Kier molecular flexibility index (Phi) is 12.9. The third kappa shape index (κ3) is 8.78. The normalized spacial score (nSPS) is 48.0. The van der Waals surface area contributed by atoms with Gasteiger partial charge in [0.1, 0.15) is 18.2 Å². The molecule has 1 amide bonds. The average molecular weight is 696 g/mol. The van der Waals surface area contributed by atoms with Gasteiger partial charge in [-0.1, -0.05) is 76.2 Å². The van der Waals surface area contributed by atoms with Crippen LogP contribution in [0.4, 0.5) is 4.79 Å². The van der Waals surface area contributed by atoms with Crippen molar-refractivity contribution in [2.45, 2.75) is 184 Å². The van der Waals surface area contributed by atoms with Gasteiger partial charge >= 0.3 is 12.1 Å². The summed E-state index contributed by atoms with van der Waals surface area (Å²) in [5.74, 6) is -1.07. The molecule has 2 N–H and O–H groups in total. The minimum Gasteiger partial charge on any atom is -0.460 e. The zero-order chi connectivity index (χ0) is 36.7. The van der Waals surface area contributed by atoms with E-state index in [-0.39, 0.29) is 35.4 Å². The first-order valence-corrected chi connectivity index (χ1v) is 19.2. The van der Waals surface area contributed by atoms with Crippen molar-refractivity contribution in [2.75, 3.05) is 0 Å². The first-order valence-electron chi connectivity index (χ1n) is 19.2. The molecular weight excluding hydrogens is 626 g/mol. The van der Waals surface area contributed by atoms with E-state index in [9.17, 15) is 14.7 Å². The third-order valence-corrected chi connectivity index (χ3v) is 13.1. The summed E-state index contributed by atoms with van der Waals surface area (Å²) < 4.78 is 39.1. The van der Waals surface area contributed by atoms with Crippen LogP contribution in [0.2, 0.25) is 0 Å². The molecule has 0 aliphatic carbocycles. The second-order valence-corrected chi connectivity index (χ2v) is 17.9. The van der Waals surface area contributed by atoms with Crippen LogP contribution in [0.1, 0.15) is 123 Å². The lowest BCUT2D eigenvalue weighted by Crippen LogP contribution is -2.55. The van der Waals surface area contributed by atoms with Crippen molar-refractivity contribution in [3.8, 4) is 0 Å². The molecule has 10 heteroatoms. The van der Waals surface area contributed by atoms with Crippen molar-refractivity contribution in [2.24, 2.45) is 52.3 Å². The summed E-state index contributed by atoms with van der Waals surface area (Å²) in [5, 5.41) is 14.7. The van der Waals surface area contributed by atoms with Crippen molar-refractivity contribution in [3.05, 3.63) is 0 Å². The van der Waals surface area contributed by atoms with Gasteiger partial charge < -0.3 is 38.8 Å². The smallest absolute Gasteiger partial charge is 0.407 e. The predicted molar refractivity (Wildman–Crippen MR) is 187 cm³/mol. The maximum atomic E-state index is 14.2. The fraction of sp³-hybridized carbons (Fsp3) is 0.949. The van der Waals surface area contributed by atoms with E-state index in [4.69, 9.17) is 28.4 Å². The van der Waals surface area contributed by atoms with Gasteiger partial charge in [-0.25, -0.2) is 4.79 Å². The molecule has 0 saturated carbocycles. The minimum absolute atomic E-state index is 0.0236. The molecule has 4 fully saturated rings. The molecule has 0 spiro atoms. The molecule has 0 bridgehead atoms. The van der Waals surface area contributed by atoms with E-state index in [1.54, 1.807) is 0 Å². The molecule has 4 heterocycles. The SMILES string of the molecule is CC[C@H]1OC(=O)[C@H](C)[C@@H](OC2CC(C)(C)[C@@H](C)[C@H](C)O2)[C@H](C)[C@@H](OC2O[C@H](C)C[C@H](C)[C@H]2C)C(C)(C)C[C@@H](C)[C@H](O)[C@H](C)[C@H]2OC(=O)N[C@H]21. The first-order chi connectivity index (χ1) is 22.7. The molecule has 4 rings (SSSR count). The number of ether oxygens (including phenoxy) is 6. The highest BCUT2D eigenvalue weighted by atomic mass is 16.7. The van der Waals surface area contributed by atoms with Gasteiger partial charge in [-0.05, 0) is 68.6 Å². The summed E-state index contributed by atoms with van der Waals surface area (Å²) in [7, 11) is 0. The number of aliphatic hydroxyl groups excluding tert-OH is 1. The molecule has 10 nitrogen and oxygen atoms in total. The zero-order valence-electron chi connectivity index (χ0n) is 32.9. The van der Waals surface area contributed by atoms with E-state index in [0.717, 1.165) is 6.42 Å². The molecule has 17 atom stereocenters. The second kappa shape index (κ2) is 15.6. The third-order valence-electron chi connectivity index (χ3n) is 13.1. The lowest BCUT2D eigenvalue weighted by Gasteiger charge is -2.49. The average Bonchev–Trinajstić information content (AvgIpc) is 3.40. The monoisotopic (exact) mass is 695 g/mol. The topological polar surface area (TPSA) is 122 Å². The van der Waals surface area contributed by atoms with Gasteiger partial charge in [-0.2, -0.15) is 0 Å². The van der Waals surface area contributed by atoms with E-state index in [1.165, 1.54) is 0 Å². The number of esters is 1. The highest BCUT2D eigenvalue weighted by Gasteiger charge is 2.51. The summed E-state index contributed by atoms with van der Waals surface area (Å²) in [6.45, 7) is 29.5. The molecule has 0 radical (unpaired) electrons. The largest absolute Gasteiger partial charge is 0.460 e. The maximum Gasteiger partial charge on any atom is 0.407 e. The lowest BCUT2D eigenvalue weighted by atomic mass is 9.69. The van der Waals surface area contributed by atoms with Crippen LogP contribution < -0.4 is 5.32 Å². The Morgan fingerprint density at radius 3 is 2.08 bits per heavy atom. The summed E-state index contributed by atoms with van der Waals surface area (Å²) in [6, 6.07) is -0.590. The predicted octanol–water partition coefficient (Wildman–Crippen LogP) is 7.10. The number of fused-ring (bicyclic) bond motifs is 1. The molecule has 49 heavy (non-hydrogen) atoms. The van der Waals surface area contributed by atoms with Crippen molar-refractivity contribution < 1.29 is 43.1 Å². The van der Waals surface area contributed by atoms with Crippen LogP contribution in [0.5, 0.6) is 0 Å². The van der Waals surface area contributed by atoms with E-state index >= 15 is 0 Å². The maximum absolute atomic E-state index is 14.2. The second-order valence-electron chi connectivity index (χ2n) is 17.9. The molecule has 2 unspecified atom stereocenters. The number of carbonyl (C=O) groups excluding carboxylic acids is 2. The van der Waals surface area contributed by atoms with Gasteiger partial charge in [0.15, 0.2) is 12.6 Å². The molecular formula is C39H69NO9. The Bertz CT molecular complexity index is 1130. The highest BCUT2D eigenvalue weighted by molar-refractivity contribution is 5.74. The number of carbonyl (C=O) groups is 2. The van der Waals surface area contributed by atoms with Gasteiger partial charge in [-0.3, -0.25) is 4.79 Å². The Morgan fingerprint density at radius 1 is 0.816 bits per heavy atom. The van der Waals surface area contributed by atoms with Crippen LogP contribution in [-0.4, -0.2) is 78.5 Å². The Balaban J connectivity index is 1.79. The molecule has 0 aromatic rings. The van der Waals surface area contributed by atoms with Crippen LogP contribution in [0.3, 0.4) is 0 Å². The van der Waals surface area contributed by atoms with E-state index in [0.29, 0.717) is 31.1 Å². The Labute approximate surface area is 296 Å². The summed E-state index contributed by atoms with van der Waals surface area (Å²) >= 11 is 0. The minimum atomic E-state index is -0.788. The van der Waals surface area contributed by atoms with Gasteiger partial charge in [0.25, 0.3) is 0 Å². The van der Waals surface area contributed by atoms with Crippen molar-refractivity contribution >= 4 is 12.1 Å². The molecule has 0 aromatic carbocycles. The number of amides is 1. The number of cyclic esters (lactones) is 1. The summed E-state index contributed by atoms with van der Waals surface area (Å²) in [5.41, 5.74) is -0.526. The van der Waals surface area contributed by atoms with E-state index < -0.39 is 78.5 Å². The van der Waals surface area contributed by atoms with Crippen LogP contribution in [-0.2, 0) is 33.2 Å². The van der Waals surface area contributed by atoms with Crippen molar-refractivity contribution in [1.82, 2.24) is 5.32 Å². The standard InChI is InChI=1S/C39H69NO9/c1-15-28-30-33(48-37(43)40-30)23(6)31(41)20(3)17-39(13,14)34(49-36-22(5)19(2)16-21(4)44-36)24(7)32(25(8)35(42)46-28)47-29-18-38(11,12)26(9)27(10)45-29/h19-34,36,41H,15-18H2,1-14H3,(H,40,43)/t19-,20+,21+,22+,23-,24-,25+,26-,27-,28+,29?,30-,31-,32-,33+,34+,36?/m0/s1. The first kappa shape index (κ1) is 40.3. The zero-order valence-corrected chi connectivity index (χ0v) is 32.9. The number of rotatable bonds is 5. The van der Waals surface area contributed by atoms with E-state index in [2.05, 4.69) is 74.6 Å². The van der Waals surface area contributed by atoms with Crippen LogP contribution in [0.15, 0.2) is 0 Å². The summed E-state index contributed by atoms with van der Waals surface area (Å²) in [4.78, 5) is 26.8. The van der Waals surface area contributed by atoms with Crippen LogP contribution in [0.25, 0.3) is 0 Å². The number of nitrogens with one attached hydrogen (secondary N) is 1. The van der Waals surface area contributed by atoms with Gasteiger partial charge in [0.2, 0.25) is 0 Å². The fourth-order valence-corrected chi connectivity index (χ4v) is 9.28. The number of hydrogen-bond donors (Lipinski definition) is 2. The number of aliphatic hydroxyl groups is 1. The molecule has 4 aliphatic heterocycles. The van der Waals surface area contributed by atoms with Crippen LogP contribution >= 0.6 is 0 Å². The van der Waals surface area contributed by atoms with Gasteiger partial charge in [-0.15, -0.1) is 0 Å². The lowest BCUT2D eigenvalue weighted by molar-refractivity contribution is -0.294. The van der Waals surface area contributed by atoms with Gasteiger partial charge in [0.05, 0.1) is 36.4 Å². The van der Waals surface area contributed by atoms with Crippen molar-refractivity contribution in [1.29, 1.82) is 0 Å².